The number of carbonyl (C=O) groups excluding carboxylic acids is 2. The number of allylic oxidation sites excluding steroid dienone is 4. The van der Waals surface area contributed by atoms with Crippen LogP contribution in [0.5, 0.6) is 0 Å². The van der Waals surface area contributed by atoms with E-state index in [1.807, 2.05) is 0 Å². The monoisotopic (exact) mass is 716 g/mol. The Kier molecular flexibility index (Phi) is 35.2. The summed E-state index contributed by atoms with van der Waals surface area (Å²) in [5.41, 5.74) is 5.33. The second-order valence-corrected chi connectivity index (χ2v) is 14.6. The molecule has 288 valence electrons. The number of phosphoric ester groups is 1. The third-order valence-electron chi connectivity index (χ3n) is 8.34. The topological polar surface area (TPSA) is 134 Å². The van der Waals surface area contributed by atoms with Crippen LogP contribution in [-0.2, 0) is 32.7 Å². The van der Waals surface area contributed by atoms with Gasteiger partial charge >= 0.3 is 19.8 Å². The summed E-state index contributed by atoms with van der Waals surface area (Å²) >= 11 is 0. The van der Waals surface area contributed by atoms with Gasteiger partial charge in [-0.3, -0.25) is 18.6 Å². The first-order valence-corrected chi connectivity index (χ1v) is 21.3. The second kappa shape index (κ2) is 36.3. The van der Waals surface area contributed by atoms with E-state index in [0.717, 1.165) is 38.5 Å². The summed E-state index contributed by atoms with van der Waals surface area (Å²) in [6.07, 6.45) is 36.5. The van der Waals surface area contributed by atoms with Crippen LogP contribution < -0.4 is 5.73 Å². The number of hydrogen-bond acceptors (Lipinski definition) is 8. The zero-order chi connectivity index (χ0) is 36.1. The Morgan fingerprint density at radius 2 is 1.08 bits per heavy atom. The van der Waals surface area contributed by atoms with E-state index in [4.69, 9.17) is 24.3 Å². The van der Waals surface area contributed by atoms with Crippen LogP contribution in [0.3, 0.4) is 0 Å². The Balaban J connectivity index is 4.25. The van der Waals surface area contributed by atoms with Gasteiger partial charge in [-0.2, -0.15) is 0 Å². The van der Waals surface area contributed by atoms with Crippen LogP contribution in [0.4, 0.5) is 0 Å². The predicted molar refractivity (Wildman–Crippen MR) is 201 cm³/mol. The molecule has 0 fully saturated rings. The van der Waals surface area contributed by atoms with E-state index in [0.29, 0.717) is 6.42 Å². The molecule has 0 aromatic heterocycles. The molecule has 2 atom stereocenters. The normalized spacial score (nSPS) is 13.6. The zero-order valence-electron chi connectivity index (χ0n) is 31.4. The Labute approximate surface area is 300 Å². The number of esters is 2. The molecule has 0 saturated heterocycles. The highest BCUT2D eigenvalue weighted by Crippen LogP contribution is 2.43. The van der Waals surface area contributed by atoms with Crippen molar-refractivity contribution in [3.05, 3.63) is 24.3 Å². The van der Waals surface area contributed by atoms with Crippen LogP contribution in [0.25, 0.3) is 0 Å². The fourth-order valence-electron chi connectivity index (χ4n) is 5.38. The molecule has 0 bridgehead atoms. The second-order valence-electron chi connectivity index (χ2n) is 13.2. The molecule has 1 unspecified atom stereocenters. The largest absolute Gasteiger partial charge is 0.472 e. The number of carbonyl (C=O) groups is 2. The molecular weight excluding hydrogens is 641 g/mol. The van der Waals surface area contributed by atoms with Crippen LogP contribution in [0, 0.1) is 0 Å². The van der Waals surface area contributed by atoms with Crippen LogP contribution >= 0.6 is 7.82 Å². The first-order valence-electron chi connectivity index (χ1n) is 19.8. The quantitative estimate of drug-likeness (QED) is 0.0279. The predicted octanol–water partition coefficient (Wildman–Crippen LogP) is 10.8. The van der Waals surface area contributed by atoms with Crippen LogP contribution in [0.1, 0.15) is 181 Å². The van der Waals surface area contributed by atoms with E-state index >= 15 is 0 Å². The maximum absolute atomic E-state index is 12.5. The number of unbranched alkanes of at least 4 members (excludes halogenated alkanes) is 20. The van der Waals surface area contributed by atoms with Crippen molar-refractivity contribution < 1.29 is 37.6 Å². The molecule has 3 N–H and O–H groups in total. The van der Waals surface area contributed by atoms with Crippen molar-refractivity contribution >= 4 is 19.8 Å². The Morgan fingerprint density at radius 3 is 1.61 bits per heavy atom. The lowest BCUT2D eigenvalue weighted by Crippen LogP contribution is -2.29. The van der Waals surface area contributed by atoms with Gasteiger partial charge in [0.05, 0.1) is 13.2 Å². The smallest absolute Gasteiger partial charge is 0.462 e. The number of rotatable bonds is 37. The van der Waals surface area contributed by atoms with Crippen molar-refractivity contribution in [3.63, 3.8) is 0 Å². The SMILES string of the molecule is CCCCCCCCCCC/C=C/C/C=C/CCCC(=O)O[C@H](COC(=O)CCCCCCCCCCCCC)COP(=O)(O)OCCN. The van der Waals surface area contributed by atoms with E-state index in [-0.39, 0.29) is 32.6 Å². The fourth-order valence-corrected chi connectivity index (χ4v) is 6.14. The molecule has 0 saturated carbocycles. The summed E-state index contributed by atoms with van der Waals surface area (Å²) in [5, 5.41) is 0. The van der Waals surface area contributed by atoms with Crippen LogP contribution in [-0.4, -0.2) is 49.3 Å². The van der Waals surface area contributed by atoms with E-state index in [1.54, 1.807) is 0 Å². The van der Waals surface area contributed by atoms with Gasteiger partial charge < -0.3 is 20.1 Å². The maximum atomic E-state index is 12.5. The molecular formula is C39H74NO8P. The molecule has 10 heteroatoms. The molecule has 0 radical (unpaired) electrons. The van der Waals surface area contributed by atoms with Crippen molar-refractivity contribution in [2.75, 3.05) is 26.4 Å². The third-order valence-corrected chi connectivity index (χ3v) is 9.32. The van der Waals surface area contributed by atoms with Crippen molar-refractivity contribution in [1.29, 1.82) is 0 Å². The van der Waals surface area contributed by atoms with Crippen molar-refractivity contribution in [2.24, 2.45) is 5.73 Å². The summed E-state index contributed by atoms with van der Waals surface area (Å²) in [7, 11) is -4.38. The zero-order valence-corrected chi connectivity index (χ0v) is 32.3. The molecule has 0 rings (SSSR count). The average Bonchev–Trinajstić information content (AvgIpc) is 3.08. The molecule has 0 amide bonds. The molecule has 49 heavy (non-hydrogen) atoms. The average molecular weight is 716 g/mol. The first-order chi connectivity index (χ1) is 23.8. The van der Waals surface area contributed by atoms with E-state index < -0.39 is 32.5 Å². The molecule has 0 spiro atoms. The minimum absolute atomic E-state index is 0.0487. The van der Waals surface area contributed by atoms with Gasteiger partial charge in [0.15, 0.2) is 6.10 Å². The summed E-state index contributed by atoms with van der Waals surface area (Å²) in [6.45, 7) is 3.67. The maximum Gasteiger partial charge on any atom is 0.472 e. The summed E-state index contributed by atoms with van der Waals surface area (Å²) in [6, 6.07) is 0. The summed E-state index contributed by atoms with van der Waals surface area (Å²) in [4.78, 5) is 34.7. The molecule has 0 aromatic rings. The summed E-state index contributed by atoms with van der Waals surface area (Å²) in [5.74, 6) is -0.879. The van der Waals surface area contributed by atoms with Gasteiger partial charge in [0.25, 0.3) is 0 Å². The van der Waals surface area contributed by atoms with Gasteiger partial charge in [-0.25, -0.2) is 4.57 Å². The lowest BCUT2D eigenvalue weighted by atomic mass is 10.1. The highest BCUT2D eigenvalue weighted by atomic mass is 31.2. The molecule has 0 aromatic carbocycles. The number of ether oxygens (including phenoxy) is 2. The van der Waals surface area contributed by atoms with Crippen LogP contribution in [0.15, 0.2) is 24.3 Å². The van der Waals surface area contributed by atoms with Crippen molar-refractivity contribution in [2.45, 2.75) is 187 Å². The highest BCUT2D eigenvalue weighted by Gasteiger charge is 2.25. The lowest BCUT2D eigenvalue weighted by Gasteiger charge is -2.19. The van der Waals surface area contributed by atoms with Crippen LogP contribution in [0.2, 0.25) is 0 Å². The molecule has 9 nitrogen and oxygen atoms in total. The fraction of sp³-hybridized carbons (Fsp3) is 0.846. The molecule has 0 aliphatic rings. The van der Waals surface area contributed by atoms with Gasteiger partial charge in [0, 0.05) is 19.4 Å². The number of hydrogen-bond donors (Lipinski definition) is 2. The van der Waals surface area contributed by atoms with Crippen molar-refractivity contribution in [1.82, 2.24) is 0 Å². The standard InChI is InChI=1S/C39H74NO8P/c1-3-5-7-9-11-13-15-16-17-18-19-20-22-24-26-28-30-32-39(42)48-37(36-47-49(43,44)46-34-33-40)35-45-38(41)31-29-27-25-23-21-14-12-10-8-6-4-2/h19-20,24,26,37H,3-18,21-23,25,27-36,40H2,1-2H3,(H,43,44)/b20-19+,26-24+/t37-/m1/s1. The number of phosphoric acid groups is 1. The van der Waals surface area contributed by atoms with Crippen molar-refractivity contribution in [3.8, 4) is 0 Å². The Bertz CT molecular complexity index is 866. The lowest BCUT2D eigenvalue weighted by molar-refractivity contribution is -0.161. The Morgan fingerprint density at radius 1 is 0.612 bits per heavy atom. The molecule has 0 aliphatic heterocycles. The number of nitrogens with two attached hydrogens (primary N) is 1. The van der Waals surface area contributed by atoms with Gasteiger partial charge in [-0.15, -0.1) is 0 Å². The molecule has 0 aliphatic carbocycles. The minimum Gasteiger partial charge on any atom is -0.462 e. The Hall–Kier alpha value is -1.51. The summed E-state index contributed by atoms with van der Waals surface area (Å²) < 4.78 is 32.6. The minimum atomic E-state index is -4.38. The highest BCUT2D eigenvalue weighted by molar-refractivity contribution is 7.47. The van der Waals surface area contributed by atoms with E-state index in [2.05, 4.69) is 38.2 Å². The third kappa shape index (κ3) is 36.1. The first kappa shape index (κ1) is 47.5. The van der Waals surface area contributed by atoms with Gasteiger partial charge in [-0.05, 0) is 38.5 Å². The van der Waals surface area contributed by atoms with E-state index in [1.165, 1.54) is 109 Å². The molecule has 0 heterocycles. The van der Waals surface area contributed by atoms with Gasteiger partial charge in [0.2, 0.25) is 0 Å². The van der Waals surface area contributed by atoms with Gasteiger partial charge in [0.1, 0.15) is 6.61 Å². The van der Waals surface area contributed by atoms with E-state index in [9.17, 15) is 19.0 Å². The van der Waals surface area contributed by atoms with Gasteiger partial charge in [-0.1, -0.05) is 154 Å².